The lowest BCUT2D eigenvalue weighted by Gasteiger charge is -2.38. The Morgan fingerprint density at radius 2 is 1.95 bits per heavy atom. The SMILES string of the molecule is CSCCCNC(=O)N1C2CCC1CC(CC(=O)O)C2. The highest BCUT2D eigenvalue weighted by Gasteiger charge is 2.43. The summed E-state index contributed by atoms with van der Waals surface area (Å²) >= 11 is 1.79. The van der Waals surface area contributed by atoms with Crippen LogP contribution < -0.4 is 5.32 Å². The van der Waals surface area contributed by atoms with Crippen LogP contribution >= 0.6 is 11.8 Å². The normalized spacial score (nSPS) is 28.4. The van der Waals surface area contributed by atoms with Crippen LogP contribution in [0.15, 0.2) is 0 Å². The second-order valence-corrected chi connectivity index (χ2v) is 6.79. The van der Waals surface area contributed by atoms with E-state index in [-0.39, 0.29) is 30.5 Å². The second-order valence-electron chi connectivity index (χ2n) is 5.81. The number of carbonyl (C=O) groups excluding carboxylic acids is 1. The fourth-order valence-corrected chi connectivity index (χ4v) is 3.97. The van der Waals surface area contributed by atoms with Crippen LogP contribution in [0.2, 0.25) is 0 Å². The van der Waals surface area contributed by atoms with Gasteiger partial charge in [0.05, 0.1) is 0 Å². The van der Waals surface area contributed by atoms with Crippen molar-refractivity contribution < 1.29 is 14.7 Å². The minimum Gasteiger partial charge on any atom is -0.481 e. The zero-order chi connectivity index (χ0) is 14.5. The number of piperidine rings is 1. The number of rotatable bonds is 6. The first kappa shape index (κ1) is 15.5. The zero-order valence-electron chi connectivity index (χ0n) is 12.0. The van der Waals surface area contributed by atoms with E-state index in [9.17, 15) is 9.59 Å². The Kier molecular flexibility index (Phi) is 5.57. The molecule has 2 unspecified atom stereocenters. The van der Waals surface area contributed by atoms with Gasteiger partial charge < -0.3 is 15.3 Å². The summed E-state index contributed by atoms with van der Waals surface area (Å²) in [6.45, 7) is 0.730. The van der Waals surface area contributed by atoms with Crippen molar-refractivity contribution in [1.82, 2.24) is 10.2 Å². The summed E-state index contributed by atoms with van der Waals surface area (Å²) in [4.78, 5) is 25.1. The highest BCUT2D eigenvalue weighted by atomic mass is 32.2. The van der Waals surface area contributed by atoms with E-state index in [2.05, 4.69) is 11.6 Å². The number of aliphatic carboxylic acids is 1. The summed E-state index contributed by atoms with van der Waals surface area (Å²) in [5.74, 6) is 0.586. The average molecular weight is 300 g/mol. The number of thioether (sulfide) groups is 1. The molecule has 2 atom stereocenters. The third kappa shape index (κ3) is 3.81. The van der Waals surface area contributed by atoms with Gasteiger partial charge in [0.15, 0.2) is 0 Å². The molecule has 0 aromatic carbocycles. The van der Waals surface area contributed by atoms with Gasteiger partial charge in [-0.25, -0.2) is 4.79 Å². The smallest absolute Gasteiger partial charge is 0.317 e. The minimum atomic E-state index is -0.718. The Bertz CT molecular complexity index is 350. The summed E-state index contributed by atoms with van der Waals surface area (Å²) in [7, 11) is 0. The van der Waals surface area contributed by atoms with Crippen LogP contribution in [0.4, 0.5) is 4.79 Å². The number of carboxylic acids is 1. The van der Waals surface area contributed by atoms with Crippen LogP contribution in [0.3, 0.4) is 0 Å². The molecule has 2 heterocycles. The molecule has 20 heavy (non-hydrogen) atoms. The molecule has 0 aromatic heterocycles. The summed E-state index contributed by atoms with van der Waals surface area (Å²) < 4.78 is 0. The summed E-state index contributed by atoms with van der Waals surface area (Å²) in [5, 5.41) is 11.9. The van der Waals surface area contributed by atoms with Crippen LogP contribution in [0.5, 0.6) is 0 Å². The maximum atomic E-state index is 12.2. The van der Waals surface area contributed by atoms with E-state index < -0.39 is 5.97 Å². The molecule has 0 aromatic rings. The zero-order valence-corrected chi connectivity index (χ0v) is 12.8. The highest BCUT2D eigenvalue weighted by Crippen LogP contribution is 2.39. The molecule has 0 saturated carbocycles. The average Bonchev–Trinajstić information content (AvgIpc) is 2.66. The van der Waals surface area contributed by atoms with Crippen LogP contribution in [0.25, 0.3) is 0 Å². The largest absolute Gasteiger partial charge is 0.481 e. The molecule has 5 nitrogen and oxygen atoms in total. The predicted octanol–water partition coefficient (Wildman–Crippen LogP) is 2.17. The van der Waals surface area contributed by atoms with Gasteiger partial charge in [-0.3, -0.25) is 4.79 Å². The van der Waals surface area contributed by atoms with Gasteiger partial charge in [-0.2, -0.15) is 11.8 Å². The van der Waals surface area contributed by atoms with Crippen molar-refractivity contribution in [3.05, 3.63) is 0 Å². The van der Waals surface area contributed by atoms with Crippen molar-refractivity contribution in [2.45, 2.75) is 50.6 Å². The van der Waals surface area contributed by atoms with Gasteiger partial charge in [0.25, 0.3) is 0 Å². The molecule has 0 radical (unpaired) electrons. The van der Waals surface area contributed by atoms with Crippen molar-refractivity contribution in [1.29, 1.82) is 0 Å². The highest BCUT2D eigenvalue weighted by molar-refractivity contribution is 7.98. The van der Waals surface area contributed by atoms with Crippen LogP contribution in [-0.2, 0) is 4.79 Å². The third-order valence-electron chi connectivity index (χ3n) is 4.33. The molecule has 6 heteroatoms. The van der Waals surface area contributed by atoms with E-state index in [1.165, 1.54) is 0 Å². The molecule has 2 aliphatic heterocycles. The quantitative estimate of drug-likeness (QED) is 0.738. The molecule has 114 valence electrons. The summed E-state index contributed by atoms with van der Waals surface area (Å²) in [5.41, 5.74) is 0. The maximum Gasteiger partial charge on any atom is 0.317 e. The number of urea groups is 1. The Labute approximate surface area is 124 Å². The van der Waals surface area contributed by atoms with Crippen LogP contribution in [-0.4, -0.2) is 52.6 Å². The topological polar surface area (TPSA) is 69.6 Å². The summed E-state index contributed by atoms with van der Waals surface area (Å²) in [6, 6.07) is 0.546. The van der Waals surface area contributed by atoms with Gasteiger partial charge in [0.2, 0.25) is 0 Å². The fraction of sp³-hybridized carbons (Fsp3) is 0.857. The van der Waals surface area contributed by atoms with Crippen molar-refractivity contribution in [3.8, 4) is 0 Å². The minimum absolute atomic E-state index is 0.0485. The van der Waals surface area contributed by atoms with E-state index >= 15 is 0 Å². The van der Waals surface area contributed by atoms with Crippen molar-refractivity contribution in [3.63, 3.8) is 0 Å². The van der Waals surface area contributed by atoms with E-state index in [4.69, 9.17) is 5.11 Å². The number of fused-ring (bicyclic) bond motifs is 2. The van der Waals surface area contributed by atoms with Crippen molar-refractivity contribution in [2.75, 3.05) is 18.6 Å². The molecule has 0 spiro atoms. The lowest BCUT2D eigenvalue weighted by molar-refractivity contribution is -0.138. The van der Waals surface area contributed by atoms with Gasteiger partial charge >= 0.3 is 12.0 Å². The van der Waals surface area contributed by atoms with E-state index in [1.807, 2.05) is 4.90 Å². The summed E-state index contributed by atoms with van der Waals surface area (Å²) in [6.07, 6.45) is 7.06. The molecular formula is C14H24N2O3S. The Hall–Kier alpha value is -0.910. The van der Waals surface area contributed by atoms with Gasteiger partial charge in [-0.1, -0.05) is 0 Å². The molecule has 2 rings (SSSR count). The first-order valence-corrected chi connectivity index (χ1v) is 8.78. The molecule has 2 saturated heterocycles. The monoisotopic (exact) mass is 300 g/mol. The molecule has 2 fully saturated rings. The van der Waals surface area contributed by atoms with Crippen molar-refractivity contribution in [2.24, 2.45) is 5.92 Å². The second kappa shape index (κ2) is 7.20. The van der Waals surface area contributed by atoms with Crippen LogP contribution in [0, 0.1) is 5.92 Å². The van der Waals surface area contributed by atoms with Gasteiger partial charge in [-0.15, -0.1) is 0 Å². The number of amides is 2. The maximum absolute atomic E-state index is 12.2. The molecular weight excluding hydrogens is 276 g/mol. The molecule has 2 aliphatic rings. The first-order chi connectivity index (χ1) is 9.61. The van der Waals surface area contributed by atoms with Gasteiger partial charge in [0.1, 0.15) is 0 Å². The standard InChI is InChI=1S/C14H24N2O3S/c1-20-6-2-5-15-14(19)16-11-3-4-12(16)8-10(7-11)9-13(17)18/h10-12H,2-9H2,1H3,(H,15,19)(H,17,18). The van der Waals surface area contributed by atoms with Crippen molar-refractivity contribution >= 4 is 23.8 Å². The molecule has 2 amide bonds. The third-order valence-corrected chi connectivity index (χ3v) is 5.03. The van der Waals surface area contributed by atoms with Crippen LogP contribution in [0.1, 0.15) is 38.5 Å². The fourth-order valence-electron chi connectivity index (χ4n) is 3.54. The van der Waals surface area contributed by atoms with E-state index in [1.54, 1.807) is 11.8 Å². The number of carbonyl (C=O) groups is 2. The lowest BCUT2D eigenvalue weighted by atomic mass is 9.88. The van der Waals surface area contributed by atoms with Gasteiger partial charge in [0, 0.05) is 25.0 Å². The Morgan fingerprint density at radius 3 is 2.50 bits per heavy atom. The molecule has 2 bridgehead atoms. The molecule has 0 aliphatic carbocycles. The van der Waals surface area contributed by atoms with Gasteiger partial charge in [-0.05, 0) is 50.0 Å². The number of nitrogens with one attached hydrogen (secondary N) is 1. The predicted molar refractivity (Wildman–Crippen MR) is 80.0 cm³/mol. The van der Waals surface area contributed by atoms with E-state index in [0.29, 0.717) is 0 Å². The number of nitrogens with zero attached hydrogens (tertiary/aromatic N) is 1. The number of carboxylic acid groups (broad SMARTS) is 1. The lowest BCUT2D eigenvalue weighted by Crippen LogP contribution is -2.51. The first-order valence-electron chi connectivity index (χ1n) is 7.38. The number of hydrogen-bond acceptors (Lipinski definition) is 3. The van der Waals surface area contributed by atoms with E-state index in [0.717, 1.165) is 44.4 Å². The number of hydrogen-bond donors (Lipinski definition) is 2. The Balaban J connectivity index is 1.82. The molecule has 2 N–H and O–H groups in total. The Morgan fingerprint density at radius 1 is 1.30 bits per heavy atom.